The van der Waals surface area contributed by atoms with Gasteiger partial charge in [0, 0.05) is 25.3 Å². The zero-order chi connectivity index (χ0) is 16.8. The largest absolute Gasteiger partial charge is 0.469 e. The van der Waals surface area contributed by atoms with Crippen molar-refractivity contribution in [2.24, 2.45) is 0 Å². The highest BCUT2D eigenvalue weighted by Crippen LogP contribution is 2.17. The molecule has 1 aliphatic rings. The Labute approximate surface area is 133 Å². The van der Waals surface area contributed by atoms with Crippen LogP contribution < -0.4 is 0 Å². The van der Waals surface area contributed by atoms with E-state index in [1.807, 2.05) is 0 Å². The first kappa shape index (κ1) is 17.3. The number of benzene rings is 1. The van der Waals surface area contributed by atoms with Gasteiger partial charge in [-0.05, 0) is 31.0 Å². The van der Waals surface area contributed by atoms with Gasteiger partial charge in [0.25, 0.3) is 5.91 Å². The minimum atomic E-state index is -1.08. The maximum absolute atomic E-state index is 13.3. The molecule has 0 aliphatic carbocycles. The molecule has 1 aromatic carbocycles. The summed E-state index contributed by atoms with van der Waals surface area (Å²) in [5.74, 6) is -3.01. The van der Waals surface area contributed by atoms with Crippen LogP contribution in [0.25, 0.3) is 0 Å². The molecule has 0 spiro atoms. The normalized spacial score (nSPS) is 17.1. The molecule has 126 valence electrons. The van der Waals surface area contributed by atoms with Crippen LogP contribution in [0.15, 0.2) is 18.2 Å². The summed E-state index contributed by atoms with van der Waals surface area (Å²) in [6.07, 6.45) is 1.65. The van der Waals surface area contributed by atoms with E-state index in [9.17, 15) is 18.4 Å². The molecule has 2 rings (SSSR count). The van der Waals surface area contributed by atoms with Gasteiger partial charge in [-0.1, -0.05) is 0 Å². The summed E-state index contributed by atoms with van der Waals surface area (Å²) in [4.78, 5) is 25.3. The molecule has 1 aromatic rings. The number of carbonyl (C=O) groups excluding carboxylic acids is 2. The van der Waals surface area contributed by atoms with Crippen molar-refractivity contribution in [3.05, 3.63) is 35.4 Å². The monoisotopic (exact) mass is 327 g/mol. The van der Waals surface area contributed by atoms with Gasteiger partial charge in [0.15, 0.2) is 11.6 Å². The fourth-order valence-electron chi connectivity index (χ4n) is 2.45. The number of carbonyl (C=O) groups is 2. The average Bonchev–Trinajstić information content (AvgIpc) is 3.06. The molecule has 0 N–H and O–H groups in total. The third-order valence-corrected chi connectivity index (χ3v) is 3.72. The SMILES string of the molecule is COC(=O)CCN(CC1CCCO1)C(=O)c1ccc(F)c(F)c1. The molecule has 1 unspecified atom stereocenters. The maximum atomic E-state index is 13.3. The number of amides is 1. The van der Waals surface area contributed by atoms with E-state index < -0.39 is 23.5 Å². The number of halogens is 2. The summed E-state index contributed by atoms with van der Waals surface area (Å²) < 4.78 is 36.4. The first-order chi connectivity index (χ1) is 11.0. The van der Waals surface area contributed by atoms with Gasteiger partial charge in [-0.3, -0.25) is 9.59 Å². The van der Waals surface area contributed by atoms with Gasteiger partial charge in [0.1, 0.15) is 0 Å². The maximum Gasteiger partial charge on any atom is 0.307 e. The van der Waals surface area contributed by atoms with E-state index >= 15 is 0 Å². The molecule has 5 nitrogen and oxygen atoms in total. The number of hydrogen-bond donors (Lipinski definition) is 0. The van der Waals surface area contributed by atoms with Gasteiger partial charge in [-0.15, -0.1) is 0 Å². The lowest BCUT2D eigenvalue weighted by molar-refractivity contribution is -0.140. The Morgan fingerprint density at radius 3 is 2.74 bits per heavy atom. The van der Waals surface area contributed by atoms with Gasteiger partial charge < -0.3 is 14.4 Å². The van der Waals surface area contributed by atoms with Crippen LogP contribution in [0.5, 0.6) is 0 Å². The molecule has 1 fully saturated rings. The van der Waals surface area contributed by atoms with Gasteiger partial charge in [0.2, 0.25) is 0 Å². The highest BCUT2D eigenvalue weighted by molar-refractivity contribution is 5.94. The zero-order valence-electron chi connectivity index (χ0n) is 12.9. The lowest BCUT2D eigenvalue weighted by Gasteiger charge is -2.25. The number of ether oxygens (including phenoxy) is 2. The van der Waals surface area contributed by atoms with E-state index in [0.29, 0.717) is 13.2 Å². The Balaban J connectivity index is 2.10. The van der Waals surface area contributed by atoms with Crippen molar-refractivity contribution >= 4 is 11.9 Å². The minimum absolute atomic E-state index is 0.0264. The number of esters is 1. The van der Waals surface area contributed by atoms with Crippen molar-refractivity contribution in [1.82, 2.24) is 4.90 Å². The predicted molar refractivity (Wildman–Crippen MR) is 77.9 cm³/mol. The Bertz CT molecular complexity index is 573. The summed E-state index contributed by atoms with van der Waals surface area (Å²) in [6, 6.07) is 2.99. The Kier molecular flexibility index (Phi) is 6.04. The Morgan fingerprint density at radius 2 is 2.13 bits per heavy atom. The van der Waals surface area contributed by atoms with Gasteiger partial charge in [0.05, 0.1) is 19.6 Å². The number of rotatable bonds is 6. The second-order valence-electron chi connectivity index (χ2n) is 5.34. The molecule has 0 bridgehead atoms. The standard InChI is InChI=1S/C16H19F2NO4/c1-22-15(20)6-7-19(10-12-3-2-8-23-12)16(21)11-4-5-13(17)14(18)9-11/h4-5,9,12H,2-3,6-8,10H2,1H3. The molecule has 0 radical (unpaired) electrons. The van der Waals surface area contributed by atoms with Crippen LogP contribution in [0.4, 0.5) is 8.78 Å². The van der Waals surface area contributed by atoms with E-state index in [-0.39, 0.29) is 24.6 Å². The van der Waals surface area contributed by atoms with Crippen LogP contribution >= 0.6 is 0 Å². The Hall–Kier alpha value is -2.02. The van der Waals surface area contributed by atoms with E-state index in [1.165, 1.54) is 18.1 Å². The van der Waals surface area contributed by atoms with Gasteiger partial charge in [-0.2, -0.15) is 0 Å². The quantitative estimate of drug-likeness (QED) is 0.751. The van der Waals surface area contributed by atoms with Crippen LogP contribution in [0.1, 0.15) is 29.6 Å². The number of hydrogen-bond acceptors (Lipinski definition) is 4. The van der Waals surface area contributed by atoms with Gasteiger partial charge in [-0.25, -0.2) is 8.78 Å². The van der Waals surface area contributed by atoms with Gasteiger partial charge >= 0.3 is 5.97 Å². The lowest BCUT2D eigenvalue weighted by Crippen LogP contribution is -2.39. The predicted octanol–water partition coefficient (Wildman–Crippen LogP) is 2.15. The van der Waals surface area contributed by atoms with E-state index in [2.05, 4.69) is 4.74 Å². The topological polar surface area (TPSA) is 55.8 Å². The first-order valence-electron chi connectivity index (χ1n) is 7.44. The second kappa shape index (κ2) is 8.01. The van der Waals surface area contributed by atoms with Crippen LogP contribution in [0.3, 0.4) is 0 Å². The van der Waals surface area contributed by atoms with Crippen molar-refractivity contribution < 1.29 is 27.8 Å². The van der Waals surface area contributed by atoms with Crippen LogP contribution in [0, 0.1) is 11.6 Å². The fourth-order valence-corrected chi connectivity index (χ4v) is 2.45. The average molecular weight is 327 g/mol. The fraction of sp³-hybridized carbons (Fsp3) is 0.500. The molecule has 7 heteroatoms. The van der Waals surface area contributed by atoms with Crippen molar-refractivity contribution in [3.63, 3.8) is 0 Å². The van der Waals surface area contributed by atoms with Crippen LogP contribution in [0.2, 0.25) is 0 Å². The third-order valence-electron chi connectivity index (χ3n) is 3.72. The van der Waals surface area contributed by atoms with E-state index in [4.69, 9.17) is 4.74 Å². The minimum Gasteiger partial charge on any atom is -0.469 e. The molecule has 1 amide bonds. The van der Waals surface area contributed by atoms with E-state index in [0.717, 1.165) is 25.0 Å². The summed E-state index contributed by atoms with van der Waals surface area (Å²) in [7, 11) is 1.27. The van der Waals surface area contributed by atoms with E-state index in [1.54, 1.807) is 0 Å². The van der Waals surface area contributed by atoms with Crippen molar-refractivity contribution in [2.75, 3.05) is 26.8 Å². The Morgan fingerprint density at radius 1 is 1.35 bits per heavy atom. The molecule has 1 saturated heterocycles. The molecule has 1 atom stereocenters. The molecule has 0 saturated carbocycles. The molecule has 0 aromatic heterocycles. The van der Waals surface area contributed by atoms with Crippen LogP contribution in [-0.2, 0) is 14.3 Å². The van der Waals surface area contributed by atoms with Crippen LogP contribution in [-0.4, -0.2) is 49.7 Å². The highest BCUT2D eigenvalue weighted by Gasteiger charge is 2.24. The van der Waals surface area contributed by atoms with Crippen molar-refractivity contribution in [3.8, 4) is 0 Å². The highest BCUT2D eigenvalue weighted by atomic mass is 19.2. The summed E-state index contributed by atoms with van der Waals surface area (Å²) >= 11 is 0. The van der Waals surface area contributed by atoms with Crippen molar-refractivity contribution in [2.45, 2.75) is 25.4 Å². The molecule has 23 heavy (non-hydrogen) atoms. The summed E-state index contributed by atoms with van der Waals surface area (Å²) in [5, 5.41) is 0. The zero-order valence-corrected chi connectivity index (χ0v) is 12.9. The second-order valence-corrected chi connectivity index (χ2v) is 5.34. The molecule has 1 aliphatic heterocycles. The number of methoxy groups -OCH3 is 1. The first-order valence-corrected chi connectivity index (χ1v) is 7.44. The van der Waals surface area contributed by atoms with Crippen molar-refractivity contribution in [1.29, 1.82) is 0 Å². The number of nitrogens with zero attached hydrogens (tertiary/aromatic N) is 1. The molecule has 1 heterocycles. The summed E-state index contributed by atoms with van der Waals surface area (Å²) in [5.41, 5.74) is 0.0340. The lowest BCUT2D eigenvalue weighted by atomic mass is 10.1. The molecular formula is C16H19F2NO4. The summed E-state index contributed by atoms with van der Waals surface area (Å²) in [6.45, 7) is 1.06. The molecular weight excluding hydrogens is 308 g/mol. The smallest absolute Gasteiger partial charge is 0.307 e. The third kappa shape index (κ3) is 4.72.